The van der Waals surface area contributed by atoms with E-state index in [4.69, 9.17) is 9.47 Å². The van der Waals surface area contributed by atoms with Gasteiger partial charge in [0.15, 0.2) is 0 Å². The van der Waals surface area contributed by atoms with Gasteiger partial charge in [-0.1, -0.05) is 18.2 Å². The molecule has 0 saturated carbocycles. The van der Waals surface area contributed by atoms with Crippen LogP contribution in [0.25, 0.3) is 16.8 Å². The van der Waals surface area contributed by atoms with Gasteiger partial charge in [0.05, 0.1) is 30.3 Å². The van der Waals surface area contributed by atoms with Gasteiger partial charge in [-0.3, -0.25) is 4.98 Å². The third-order valence-electron chi connectivity index (χ3n) is 4.26. The lowest BCUT2D eigenvalue weighted by molar-refractivity contribution is 0.0734. The largest absolute Gasteiger partial charge is 0.494 e. The van der Waals surface area contributed by atoms with Crippen molar-refractivity contribution in [2.75, 3.05) is 6.61 Å². The first-order chi connectivity index (χ1) is 14.2. The molecule has 6 nitrogen and oxygen atoms in total. The Morgan fingerprint density at radius 1 is 0.931 bits per heavy atom. The van der Waals surface area contributed by atoms with E-state index < -0.39 is 5.97 Å². The van der Waals surface area contributed by atoms with E-state index in [1.807, 2.05) is 43.5 Å². The van der Waals surface area contributed by atoms with E-state index in [0.717, 1.165) is 16.8 Å². The fraction of sp³-hybridized carbons (Fsp3) is 0.0870. The molecule has 0 saturated heterocycles. The molecule has 2 aromatic heterocycles. The molecule has 4 rings (SSSR count). The topological polar surface area (TPSA) is 66.2 Å². The van der Waals surface area contributed by atoms with Crippen molar-refractivity contribution in [1.29, 1.82) is 0 Å². The molecule has 0 atom stereocenters. The third kappa shape index (κ3) is 4.32. The average molecular weight is 385 g/mol. The Morgan fingerprint density at radius 3 is 2.48 bits per heavy atom. The van der Waals surface area contributed by atoms with Gasteiger partial charge in [0.25, 0.3) is 0 Å². The zero-order valence-corrected chi connectivity index (χ0v) is 15.9. The Hall–Kier alpha value is -3.93. The molecule has 144 valence electrons. The molecule has 0 fully saturated rings. The summed E-state index contributed by atoms with van der Waals surface area (Å²) in [6.07, 6.45) is 6.88. The molecule has 29 heavy (non-hydrogen) atoms. The van der Waals surface area contributed by atoms with Gasteiger partial charge in [0.2, 0.25) is 0 Å². The van der Waals surface area contributed by atoms with Crippen LogP contribution in [0.4, 0.5) is 0 Å². The lowest BCUT2D eigenvalue weighted by atomic mass is 10.1. The minimum atomic E-state index is -0.452. The lowest BCUT2D eigenvalue weighted by Crippen LogP contribution is -2.08. The smallest absolute Gasteiger partial charge is 0.343 e. The Balaban J connectivity index is 1.50. The summed E-state index contributed by atoms with van der Waals surface area (Å²) in [6.45, 7) is 2.48. The zero-order valence-electron chi connectivity index (χ0n) is 15.9. The third-order valence-corrected chi connectivity index (χ3v) is 4.26. The van der Waals surface area contributed by atoms with Crippen LogP contribution in [0.2, 0.25) is 0 Å². The van der Waals surface area contributed by atoms with E-state index in [2.05, 4.69) is 10.1 Å². The predicted molar refractivity (Wildman–Crippen MR) is 109 cm³/mol. The summed E-state index contributed by atoms with van der Waals surface area (Å²) in [5.74, 6) is 0.629. The highest BCUT2D eigenvalue weighted by Crippen LogP contribution is 2.24. The molecule has 6 heteroatoms. The Labute approximate surface area is 168 Å². The van der Waals surface area contributed by atoms with Gasteiger partial charge in [-0.05, 0) is 49.4 Å². The number of pyridine rings is 1. The van der Waals surface area contributed by atoms with Crippen LogP contribution in [0.3, 0.4) is 0 Å². The summed E-state index contributed by atoms with van der Waals surface area (Å²) in [6, 6.07) is 18.4. The number of esters is 1. The van der Waals surface area contributed by atoms with E-state index in [1.54, 1.807) is 47.4 Å². The first kappa shape index (κ1) is 18.4. The number of hydrogen-bond donors (Lipinski definition) is 0. The minimum Gasteiger partial charge on any atom is -0.494 e. The Morgan fingerprint density at radius 2 is 1.72 bits per heavy atom. The van der Waals surface area contributed by atoms with Crippen LogP contribution in [0.1, 0.15) is 17.3 Å². The van der Waals surface area contributed by atoms with E-state index >= 15 is 0 Å². The van der Waals surface area contributed by atoms with Gasteiger partial charge in [-0.25, -0.2) is 9.48 Å². The van der Waals surface area contributed by atoms with Crippen LogP contribution < -0.4 is 9.47 Å². The SMILES string of the molecule is CCOc1ccc(C(=O)Oc2cncc(-c3cnn(-c4ccccc4)c3)c2)cc1. The predicted octanol–water partition coefficient (Wildman–Crippen LogP) is 4.55. The van der Waals surface area contributed by atoms with Crippen LogP contribution in [0, 0.1) is 0 Å². The lowest BCUT2D eigenvalue weighted by Gasteiger charge is -2.07. The van der Waals surface area contributed by atoms with Crippen molar-refractivity contribution in [3.05, 3.63) is 91.0 Å². The summed E-state index contributed by atoms with van der Waals surface area (Å²) in [5, 5.41) is 4.39. The fourth-order valence-corrected chi connectivity index (χ4v) is 2.85. The molecule has 0 bridgehead atoms. The van der Waals surface area contributed by atoms with Crippen molar-refractivity contribution >= 4 is 5.97 Å². The second kappa shape index (κ2) is 8.39. The summed E-state index contributed by atoms with van der Waals surface area (Å²) in [4.78, 5) is 16.6. The van der Waals surface area contributed by atoms with Crippen molar-refractivity contribution in [2.24, 2.45) is 0 Å². The van der Waals surface area contributed by atoms with Gasteiger partial charge in [-0.2, -0.15) is 5.10 Å². The van der Waals surface area contributed by atoms with E-state index in [0.29, 0.717) is 23.7 Å². The quantitative estimate of drug-likeness (QED) is 0.456. The monoisotopic (exact) mass is 385 g/mol. The van der Waals surface area contributed by atoms with Gasteiger partial charge >= 0.3 is 5.97 Å². The first-order valence-corrected chi connectivity index (χ1v) is 9.23. The molecular formula is C23H19N3O3. The standard InChI is InChI=1S/C23H19N3O3/c1-2-28-21-10-8-17(9-11-21)23(27)29-22-12-18(13-24-15-22)19-14-25-26(16-19)20-6-4-3-5-7-20/h3-16H,2H2,1H3. The number of rotatable bonds is 6. The molecule has 0 aliphatic carbocycles. The van der Waals surface area contributed by atoms with Gasteiger partial charge < -0.3 is 9.47 Å². The average Bonchev–Trinajstić information content (AvgIpc) is 3.26. The van der Waals surface area contributed by atoms with Crippen LogP contribution in [0.5, 0.6) is 11.5 Å². The van der Waals surface area contributed by atoms with Crippen LogP contribution in [-0.4, -0.2) is 27.3 Å². The summed E-state index contributed by atoms with van der Waals surface area (Å²) < 4.78 is 12.7. The molecule has 0 amide bonds. The van der Waals surface area contributed by atoms with Crippen molar-refractivity contribution in [2.45, 2.75) is 6.92 Å². The molecule has 0 N–H and O–H groups in total. The second-order valence-corrected chi connectivity index (χ2v) is 6.27. The molecular weight excluding hydrogens is 366 g/mol. The maximum Gasteiger partial charge on any atom is 0.343 e. The van der Waals surface area contributed by atoms with Crippen LogP contribution >= 0.6 is 0 Å². The van der Waals surface area contributed by atoms with E-state index in [1.165, 1.54) is 6.20 Å². The molecule has 2 aromatic carbocycles. The molecule has 4 aromatic rings. The number of hydrogen-bond acceptors (Lipinski definition) is 5. The molecule has 0 radical (unpaired) electrons. The summed E-state index contributed by atoms with van der Waals surface area (Å²) in [7, 11) is 0. The normalized spacial score (nSPS) is 10.5. The van der Waals surface area contributed by atoms with Crippen LogP contribution in [0.15, 0.2) is 85.5 Å². The van der Waals surface area contributed by atoms with Gasteiger partial charge in [-0.15, -0.1) is 0 Å². The van der Waals surface area contributed by atoms with Crippen molar-refractivity contribution in [1.82, 2.24) is 14.8 Å². The molecule has 0 aliphatic rings. The highest BCUT2D eigenvalue weighted by atomic mass is 16.5. The summed E-state index contributed by atoms with van der Waals surface area (Å²) >= 11 is 0. The highest BCUT2D eigenvalue weighted by molar-refractivity contribution is 5.91. The van der Waals surface area contributed by atoms with E-state index in [-0.39, 0.29) is 0 Å². The number of carbonyl (C=O) groups is 1. The number of carbonyl (C=O) groups excluding carboxylic acids is 1. The van der Waals surface area contributed by atoms with E-state index in [9.17, 15) is 4.79 Å². The maximum absolute atomic E-state index is 12.4. The minimum absolute atomic E-state index is 0.369. The summed E-state index contributed by atoms with van der Waals surface area (Å²) in [5.41, 5.74) is 3.09. The molecule has 2 heterocycles. The van der Waals surface area contributed by atoms with Gasteiger partial charge in [0, 0.05) is 23.5 Å². The number of ether oxygens (including phenoxy) is 2. The molecule has 0 aliphatic heterocycles. The first-order valence-electron chi connectivity index (χ1n) is 9.23. The highest BCUT2D eigenvalue weighted by Gasteiger charge is 2.11. The number of nitrogens with zero attached hydrogens (tertiary/aromatic N) is 3. The zero-order chi connectivity index (χ0) is 20.1. The van der Waals surface area contributed by atoms with Crippen molar-refractivity contribution in [3.8, 4) is 28.3 Å². The van der Waals surface area contributed by atoms with Crippen molar-refractivity contribution < 1.29 is 14.3 Å². The van der Waals surface area contributed by atoms with Gasteiger partial charge in [0.1, 0.15) is 11.5 Å². The Bertz CT molecular complexity index is 1110. The number of aromatic nitrogens is 3. The number of para-hydroxylation sites is 1. The molecule has 0 unspecified atom stereocenters. The maximum atomic E-state index is 12.4. The number of benzene rings is 2. The van der Waals surface area contributed by atoms with Crippen molar-refractivity contribution in [3.63, 3.8) is 0 Å². The second-order valence-electron chi connectivity index (χ2n) is 6.27. The Kier molecular flexibility index (Phi) is 5.33. The van der Waals surface area contributed by atoms with Crippen LogP contribution in [-0.2, 0) is 0 Å². The fourth-order valence-electron chi connectivity index (χ4n) is 2.85. The molecule has 0 spiro atoms.